The summed E-state index contributed by atoms with van der Waals surface area (Å²) in [5.74, 6) is -0.736. The number of aromatic nitrogens is 2. The monoisotopic (exact) mass is 624 g/mol. The molecule has 0 radical (unpaired) electrons. The molecule has 42 heavy (non-hydrogen) atoms. The highest BCUT2D eigenvalue weighted by molar-refractivity contribution is 8.26. The Morgan fingerprint density at radius 3 is 2.50 bits per heavy atom. The van der Waals surface area contributed by atoms with Crippen molar-refractivity contribution in [3.05, 3.63) is 71.3 Å². The smallest absolute Gasteiger partial charge is 0.309 e. The summed E-state index contributed by atoms with van der Waals surface area (Å²) in [7, 11) is -3.82. The first-order valence-electron chi connectivity index (χ1n) is 13.8. The second-order valence-corrected chi connectivity index (χ2v) is 13.9. The number of para-hydroxylation sites is 1. The van der Waals surface area contributed by atoms with E-state index < -0.39 is 10.0 Å². The van der Waals surface area contributed by atoms with Gasteiger partial charge >= 0.3 is 5.97 Å². The van der Waals surface area contributed by atoms with E-state index in [1.165, 1.54) is 16.1 Å². The van der Waals surface area contributed by atoms with Gasteiger partial charge in [0.1, 0.15) is 10.0 Å². The Bertz CT molecular complexity index is 1640. The third kappa shape index (κ3) is 6.07. The van der Waals surface area contributed by atoms with Gasteiger partial charge in [-0.05, 0) is 64.0 Å². The van der Waals surface area contributed by atoms with Crippen LogP contribution in [0.4, 0.5) is 0 Å². The first-order chi connectivity index (χ1) is 20.1. The molecule has 2 aromatic carbocycles. The summed E-state index contributed by atoms with van der Waals surface area (Å²) in [6.45, 7) is 6.37. The summed E-state index contributed by atoms with van der Waals surface area (Å²) in [4.78, 5) is 27.5. The van der Waals surface area contributed by atoms with Gasteiger partial charge in [-0.1, -0.05) is 54.3 Å². The Morgan fingerprint density at radius 2 is 1.86 bits per heavy atom. The van der Waals surface area contributed by atoms with Crippen molar-refractivity contribution in [1.82, 2.24) is 19.0 Å². The lowest BCUT2D eigenvalue weighted by molar-refractivity contribution is -0.149. The van der Waals surface area contributed by atoms with Crippen LogP contribution < -0.4 is 0 Å². The summed E-state index contributed by atoms with van der Waals surface area (Å²) < 4.78 is 36.0. The van der Waals surface area contributed by atoms with Crippen LogP contribution in [0, 0.1) is 5.92 Å². The normalized spacial score (nSPS) is 17.9. The molecule has 2 aliphatic rings. The van der Waals surface area contributed by atoms with E-state index in [2.05, 4.69) is 0 Å². The van der Waals surface area contributed by atoms with Crippen LogP contribution in [-0.2, 0) is 24.3 Å². The lowest BCUT2D eigenvalue weighted by Crippen LogP contribution is -2.40. The molecule has 0 unspecified atom stereocenters. The minimum atomic E-state index is -3.82. The molecule has 12 heteroatoms. The van der Waals surface area contributed by atoms with Gasteiger partial charge in [-0.3, -0.25) is 14.5 Å². The molecule has 2 fully saturated rings. The van der Waals surface area contributed by atoms with Gasteiger partial charge in [0.25, 0.3) is 5.91 Å². The van der Waals surface area contributed by atoms with Crippen LogP contribution in [-0.4, -0.2) is 69.3 Å². The molecule has 1 aromatic heterocycles. The highest BCUT2D eigenvalue weighted by Crippen LogP contribution is 2.36. The summed E-state index contributed by atoms with van der Waals surface area (Å²) in [6, 6.07) is 16.2. The third-order valence-electron chi connectivity index (χ3n) is 7.21. The number of carbonyl (C=O) groups is 2. The van der Waals surface area contributed by atoms with Crippen LogP contribution in [0.2, 0.25) is 0 Å². The van der Waals surface area contributed by atoms with Gasteiger partial charge in [-0.15, -0.1) is 0 Å². The number of sulfonamides is 1. The zero-order valence-electron chi connectivity index (χ0n) is 23.6. The fourth-order valence-corrected chi connectivity index (χ4v) is 8.07. The van der Waals surface area contributed by atoms with E-state index in [0.29, 0.717) is 45.5 Å². The molecular formula is C30H32N4O5S3. The number of rotatable bonds is 8. The quantitative estimate of drug-likeness (QED) is 0.194. The van der Waals surface area contributed by atoms with Crippen molar-refractivity contribution in [2.75, 3.05) is 19.7 Å². The zero-order chi connectivity index (χ0) is 30.0. The maximum absolute atomic E-state index is 13.6. The molecule has 5 rings (SSSR count). The average molecular weight is 625 g/mol. The number of nitrogens with zero attached hydrogens (tertiary/aromatic N) is 4. The minimum absolute atomic E-state index is 0.0702. The van der Waals surface area contributed by atoms with Crippen molar-refractivity contribution >= 4 is 56.3 Å². The van der Waals surface area contributed by atoms with Gasteiger partial charge < -0.3 is 4.74 Å². The Morgan fingerprint density at radius 1 is 1.14 bits per heavy atom. The number of benzene rings is 2. The molecule has 3 heterocycles. The van der Waals surface area contributed by atoms with Crippen molar-refractivity contribution in [2.45, 2.75) is 44.6 Å². The van der Waals surface area contributed by atoms with Crippen LogP contribution in [0.25, 0.3) is 23.0 Å². The van der Waals surface area contributed by atoms with Crippen LogP contribution >= 0.6 is 24.0 Å². The van der Waals surface area contributed by atoms with Gasteiger partial charge in [-0.2, -0.15) is 9.40 Å². The van der Waals surface area contributed by atoms with Crippen molar-refractivity contribution in [2.24, 2.45) is 5.92 Å². The van der Waals surface area contributed by atoms with Crippen LogP contribution in [0.15, 0.2) is 70.6 Å². The SMILES string of the molecule is CCOC(=O)C1CCN(S(=O)(=O)c2cccc(-c3nn(-c4ccccc4)cc3/C=C3\SC(=S)N(C(C)C)C3=O)c2)CC1. The number of carbonyl (C=O) groups excluding carboxylic acids is 2. The van der Waals surface area contributed by atoms with Gasteiger partial charge in [0.15, 0.2) is 0 Å². The Kier molecular flexibility index (Phi) is 8.97. The highest BCUT2D eigenvalue weighted by Gasteiger charge is 2.35. The largest absolute Gasteiger partial charge is 0.466 e. The zero-order valence-corrected chi connectivity index (χ0v) is 26.0. The van der Waals surface area contributed by atoms with Crippen molar-refractivity contribution in [3.63, 3.8) is 0 Å². The second kappa shape index (κ2) is 12.5. The predicted molar refractivity (Wildman–Crippen MR) is 167 cm³/mol. The molecule has 0 atom stereocenters. The lowest BCUT2D eigenvalue weighted by Gasteiger charge is -2.30. The third-order valence-corrected chi connectivity index (χ3v) is 10.4. The molecule has 220 valence electrons. The molecule has 1 amide bonds. The van der Waals surface area contributed by atoms with Gasteiger partial charge in [-0.25, -0.2) is 13.1 Å². The molecule has 2 aliphatic heterocycles. The number of amides is 1. The van der Waals surface area contributed by atoms with E-state index in [-0.39, 0.29) is 41.8 Å². The summed E-state index contributed by atoms with van der Waals surface area (Å²) in [5.41, 5.74) is 2.61. The average Bonchev–Trinajstić information content (AvgIpc) is 3.53. The molecule has 3 aromatic rings. The Hall–Kier alpha value is -3.32. The Balaban J connectivity index is 1.49. The topological polar surface area (TPSA) is 102 Å². The maximum atomic E-state index is 13.6. The number of thioether (sulfide) groups is 1. The maximum Gasteiger partial charge on any atom is 0.309 e. The van der Waals surface area contributed by atoms with Crippen molar-refractivity contribution in [1.29, 1.82) is 0 Å². The van der Waals surface area contributed by atoms with Crippen LogP contribution in [0.3, 0.4) is 0 Å². The van der Waals surface area contributed by atoms with E-state index in [1.807, 2.05) is 50.4 Å². The second-order valence-electron chi connectivity index (χ2n) is 10.3. The van der Waals surface area contributed by atoms with Gasteiger partial charge in [0.05, 0.1) is 28.0 Å². The predicted octanol–water partition coefficient (Wildman–Crippen LogP) is 5.11. The first-order valence-corrected chi connectivity index (χ1v) is 16.5. The van der Waals surface area contributed by atoms with E-state index >= 15 is 0 Å². The molecule has 0 aliphatic carbocycles. The number of piperidine rings is 1. The molecule has 0 bridgehead atoms. The summed E-state index contributed by atoms with van der Waals surface area (Å²) in [6.07, 6.45) is 4.43. The number of esters is 1. The fourth-order valence-electron chi connectivity index (χ4n) is 5.04. The van der Waals surface area contributed by atoms with Crippen molar-refractivity contribution < 1.29 is 22.7 Å². The molecule has 0 spiro atoms. The van der Waals surface area contributed by atoms with Crippen LogP contribution in [0.5, 0.6) is 0 Å². The molecule has 0 N–H and O–H groups in total. The molecular weight excluding hydrogens is 593 g/mol. The number of hydrogen-bond acceptors (Lipinski definition) is 8. The Labute approximate surface area is 255 Å². The standard InChI is InChI=1S/C30H32N4O5S3/c1-4-39-29(36)21-13-15-32(16-14-21)42(37,38)25-12-8-9-22(17-25)27-23(19-33(31-27)24-10-6-5-7-11-24)18-26-28(35)34(20(2)3)30(40)41-26/h5-12,17-21H,4,13-16H2,1-3H3/b26-18-. The van der Waals surface area contributed by atoms with Crippen molar-refractivity contribution in [3.8, 4) is 16.9 Å². The van der Waals surface area contributed by atoms with Gasteiger partial charge in [0, 0.05) is 36.5 Å². The summed E-state index contributed by atoms with van der Waals surface area (Å²) >= 11 is 6.70. The number of ether oxygens (including phenoxy) is 1. The molecule has 2 saturated heterocycles. The summed E-state index contributed by atoms with van der Waals surface area (Å²) in [5, 5.41) is 4.82. The highest BCUT2D eigenvalue weighted by atomic mass is 32.2. The minimum Gasteiger partial charge on any atom is -0.466 e. The van der Waals surface area contributed by atoms with Gasteiger partial charge in [0.2, 0.25) is 10.0 Å². The van der Waals surface area contributed by atoms with E-state index in [1.54, 1.807) is 46.8 Å². The van der Waals surface area contributed by atoms with E-state index in [9.17, 15) is 18.0 Å². The van der Waals surface area contributed by atoms with Crippen LogP contribution in [0.1, 0.15) is 39.2 Å². The van der Waals surface area contributed by atoms with E-state index in [4.69, 9.17) is 22.1 Å². The number of thiocarbonyl (C=S) groups is 1. The molecule has 0 saturated carbocycles. The molecule has 9 nitrogen and oxygen atoms in total. The first kappa shape index (κ1) is 30.1. The fraction of sp³-hybridized carbons (Fsp3) is 0.333. The lowest BCUT2D eigenvalue weighted by atomic mass is 9.98. The number of hydrogen-bond donors (Lipinski definition) is 0. The van der Waals surface area contributed by atoms with E-state index in [0.717, 1.165) is 5.69 Å².